The van der Waals surface area contributed by atoms with E-state index in [9.17, 15) is 19.2 Å². The number of ether oxygens (including phenoxy) is 4. The molecule has 16 heteroatoms. The number of thioether (sulfide) groups is 1. The van der Waals surface area contributed by atoms with Crippen LogP contribution in [-0.4, -0.2) is 100 Å². The highest BCUT2D eigenvalue weighted by Gasteiger charge is 2.60. The Kier molecular flexibility index (Phi) is 9.97. The van der Waals surface area contributed by atoms with Crippen molar-refractivity contribution >= 4 is 76.1 Å². The molecule has 1 fully saturated rings. The summed E-state index contributed by atoms with van der Waals surface area (Å²) >= 11 is 7.02. The Morgan fingerprint density at radius 3 is 2.48 bits per heavy atom. The van der Waals surface area contributed by atoms with Gasteiger partial charge in [0.1, 0.15) is 18.6 Å². The molecule has 40 heavy (non-hydrogen) atoms. The zero-order valence-electron chi connectivity index (χ0n) is 23.1. The molecule has 4 atom stereocenters. The maximum absolute atomic E-state index is 12.4. The van der Waals surface area contributed by atoms with Crippen molar-refractivity contribution in [3.8, 4) is 0 Å². The van der Waals surface area contributed by atoms with Crippen molar-refractivity contribution in [1.29, 1.82) is 0 Å². The van der Waals surface area contributed by atoms with Gasteiger partial charge < -0.3 is 29.2 Å². The standard InChI is InChI=1S/C24H31ClN6O8S/c1-12(32)36-10-16-19(37-13(2)33)24(4,39-14(3)34)22(38-16)31-9-15(27-17(35)8-25)18-20(26-11-30(5)6)28-23(40-7)29-21(18)31/h9,11,16,19,22H,8,10H2,1-7H3,(H,27,35)/b26-11+/t16-,19-,22?,24-/m1/s1. The van der Waals surface area contributed by atoms with Crippen molar-refractivity contribution in [2.45, 2.75) is 56.9 Å². The number of hydrogen-bond acceptors (Lipinski definition) is 12. The van der Waals surface area contributed by atoms with E-state index < -0.39 is 47.9 Å². The number of hydrogen-bond donors (Lipinski definition) is 1. The van der Waals surface area contributed by atoms with Crippen LogP contribution in [0.1, 0.15) is 33.9 Å². The molecule has 0 aliphatic carbocycles. The molecule has 2 aromatic heterocycles. The van der Waals surface area contributed by atoms with Gasteiger partial charge in [-0.1, -0.05) is 11.8 Å². The van der Waals surface area contributed by atoms with Crippen molar-refractivity contribution < 1.29 is 38.1 Å². The summed E-state index contributed by atoms with van der Waals surface area (Å²) in [6, 6.07) is 0. The molecule has 2 aromatic rings. The number of aliphatic imine (C=N–C) groups is 1. The lowest BCUT2D eigenvalue weighted by Gasteiger charge is -2.34. The van der Waals surface area contributed by atoms with Crippen LogP contribution in [0.2, 0.25) is 0 Å². The third-order valence-electron chi connectivity index (χ3n) is 5.68. The number of carbonyl (C=O) groups excluding carboxylic acids is 4. The highest BCUT2D eigenvalue weighted by Crippen LogP contribution is 2.46. The molecule has 3 heterocycles. The second-order valence-electron chi connectivity index (χ2n) is 9.21. The first-order valence-corrected chi connectivity index (χ1v) is 13.7. The van der Waals surface area contributed by atoms with E-state index in [0.29, 0.717) is 10.5 Å². The van der Waals surface area contributed by atoms with Crippen molar-refractivity contribution in [2.75, 3.05) is 38.2 Å². The second kappa shape index (κ2) is 12.8. The zero-order chi connectivity index (χ0) is 29.8. The van der Waals surface area contributed by atoms with E-state index in [1.54, 1.807) is 25.3 Å². The van der Waals surface area contributed by atoms with Gasteiger partial charge in [-0.2, -0.15) is 0 Å². The van der Waals surface area contributed by atoms with Gasteiger partial charge in [-0.05, 0) is 13.2 Å². The van der Waals surface area contributed by atoms with E-state index in [-0.39, 0.29) is 29.6 Å². The van der Waals surface area contributed by atoms with Gasteiger partial charge in [0.25, 0.3) is 0 Å². The van der Waals surface area contributed by atoms with E-state index in [0.717, 1.165) is 0 Å². The lowest BCUT2D eigenvalue weighted by molar-refractivity contribution is -0.184. The minimum absolute atomic E-state index is 0.242. The van der Waals surface area contributed by atoms with E-state index in [4.69, 9.17) is 30.5 Å². The van der Waals surface area contributed by atoms with Gasteiger partial charge in [0.2, 0.25) is 5.91 Å². The van der Waals surface area contributed by atoms with Gasteiger partial charge in [0.15, 0.2) is 34.6 Å². The number of anilines is 1. The number of aromatic nitrogens is 3. The van der Waals surface area contributed by atoms with Crippen LogP contribution in [0, 0.1) is 0 Å². The summed E-state index contributed by atoms with van der Waals surface area (Å²) in [6.45, 7) is 4.86. The van der Waals surface area contributed by atoms with Gasteiger partial charge in [-0.15, -0.1) is 11.6 Å². The smallest absolute Gasteiger partial charge is 0.303 e. The van der Waals surface area contributed by atoms with Gasteiger partial charge in [-0.3, -0.25) is 23.7 Å². The lowest BCUT2D eigenvalue weighted by Crippen LogP contribution is -2.50. The molecule has 1 amide bonds. The van der Waals surface area contributed by atoms with E-state index in [1.807, 2.05) is 0 Å². The van der Waals surface area contributed by atoms with Crippen LogP contribution in [0.4, 0.5) is 11.5 Å². The van der Waals surface area contributed by atoms with Crippen LogP contribution >= 0.6 is 23.4 Å². The van der Waals surface area contributed by atoms with Crippen molar-refractivity contribution in [1.82, 2.24) is 19.4 Å². The molecule has 3 rings (SSSR count). The normalized spacial score (nSPS) is 22.4. The van der Waals surface area contributed by atoms with Crippen LogP contribution in [0.5, 0.6) is 0 Å². The first kappa shape index (κ1) is 31.1. The average molecular weight is 599 g/mol. The molecule has 0 spiro atoms. The summed E-state index contributed by atoms with van der Waals surface area (Å²) in [4.78, 5) is 63.7. The van der Waals surface area contributed by atoms with Crippen molar-refractivity contribution in [3.63, 3.8) is 0 Å². The lowest BCUT2D eigenvalue weighted by atomic mass is 9.95. The Labute approximate surface area is 239 Å². The maximum Gasteiger partial charge on any atom is 0.303 e. The van der Waals surface area contributed by atoms with E-state index in [2.05, 4.69) is 20.3 Å². The SMILES string of the molecule is CSc1nc(/N=C/N(C)C)c2c(NC(=O)CCl)cn(C3O[C@H](COC(C)=O)[C@@H](OC(C)=O)[C@@]3(C)OC(C)=O)c2n1. The van der Waals surface area contributed by atoms with Gasteiger partial charge in [0, 0.05) is 41.1 Å². The predicted molar refractivity (Wildman–Crippen MR) is 147 cm³/mol. The Hall–Kier alpha value is -3.43. The summed E-state index contributed by atoms with van der Waals surface area (Å²) in [5.41, 5.74) is -1.09. The first-order valence-electron chi connectivity index (χ1n) is 12.0. The van der Waals surface area contributed by atoms with Crippen molar-refractivity contribution in [2.24, 2.45) is 4.99 Å². The number of carbonyl (C=O) groups is 4. The molecule has 1 aliphatic heterocycles. The van der Waals surface area contributed by atoms with Gasteiger partial charge in [0.05, 0.1) is 17.4 Å². The highest BCUT2D eigenvalue weighted by molar-refractivity contribution is 7.98. The number of amides is 1. The fourth-order valence-corrected chi connectivity index (χ4v) is 4.68. The molecule has 218 valence electrons. The highest BCUT2D eigenvalue weighted by atomic mass is 35.5. The molecule has 0 bridgehead atoms. The van der Waals surface area contributed by atoms with Crippen LogP contribution in [0.3, 0.4) is 0 Å². The maximum atomic E-state index is 12.4. The number of nitrogens with zero attached hydrogens (tertiary/aromatic N) is 5. The van der Waals surface area contributed by atoms with Crippen LogP contribution in [0.15, 0.2) is 16.3 Å². The fourth-order valence-electron chi connectivity index (χ4n) is 4.26. The number of fused-ring (bicyclic) bond motifs is 1. The third kappa shape index (κ3) is 6.82. The fraction of sp³-hybridized carbons (Fsp3) is 0.542. The van der Waals surface area contributed by atoms with Gasteiger partial charge in [-0.25, -0.2) is 15.0 Å². The molecule has 0 aromatic carbocycles. The summed E-state index contributed by atoms with van der Waals surface area (Å²) in [6.07, 6.45) is 1.48. The average Bonchev–Trinajstić information content (AvgIpc) is 3.34. The monoisotopic (exact) mass is 598 g/mol. The van der Waals surface area contributed by atoms with Crippen molar-refractivity contribution in [3.05, 3.63) is 6.20 Å². The molecular weight excluding hydrogens is 568 g/mol. The molecule has 1 unspecified atom stereocenters. The Morgan fingerprint density at radius 2 is 1.93 bits per heavy atom. The Balaban J connectivity index is 2.32. The quantitative estimate of drug-likeness (QED) is 0.0808. The molecule has 14 nitrogen and oxygen atoms in total. The van der Waals surface area contributed by atoms with Gasteiger partial charge >= 0.3 is 17.9 Å². The third-order valence-corrected chi connectivity index (χ3v) is 6.47. The molecule has 1 N–H and O–H groups in total. The number of rotatable bonds is 10. The Morgan fingerprint density at radius 1 is 1.23 bits per heavy atom. The molecular formula is C24H31ClN6O8S. The Bertz CT molecular complexity index is 1330. The van der Waals surface area contributed by atoms with E-state index >= 15 is 0 Å². The van der Waals surface area contributed by atoms with Crippen LogP contribution in [-0.2, 0) is 38.1 Å². The largest absolute Gasteiger partial charge is 0.463 e. The minimum Gasteiger partial charge on any atom is -0.463 e. The summed E-state index contributed by atoms with van der Waals surface area (Å²) in [5.74, 6) is -2.51. The summed E-state index contributed by atoms with van der Waals surface area (Å²) in [5, 5.41) is 3.43. The van der Waals surface area contributed by atoms with Crippen LogP contribution in [0.25, 0.3) is 11.0 Å². The molecule has 1 saturated heterocycles. The number of halogens is 1. The predicted octanol–water partition coefficient (Wildman–Crippen LogP) is 2.27. The summed E-state index contributed by atoms with van der Waals surface area (Å²) in [7, 11) is 3.57. The zero-order valence-corrected chi connectivity index (χ0v) is 24.7. The number of nitrogens with one attached hydrogen (secondary N) is 1. The van der Waals surface area contributed by atoms with E-state index in [1.165, 1.54) is 56.6 Å². The summed E-state index contributed by atoms with van der Waals surface area (Å²) < 4.78 is 24.3. The molecule has 1 aliphatic rings. The first-order chi connectivity index (χ1) is 18.8. The van der Waals surface area contributed by atoms with Crippen LogP contribution < -0.4 is 5.32 Å². The minimum atomic E-state index is -1.63. The molecule has 0 saturated carbocycles. The topological polar surface area (TPSA) is 164 Å². The second-order valence-corrected chi connectivity index (χ2v) is 10.3. The number of alkyl halides is 1. The molecule has 0 radical (unpaired) electrons. The number of esters is 3.